The van der Waals surface area contributed by atoms with Gasteiger partial charge in [-0.3, -0.25) is 9.59 Å². The molecule has 0 bridgehead atoms. The number of benzene rings is 2. The van der Waals surface area contributed by atoms with Crippen molar-refractivity contribution in [2.45, 2.75) is 46.5 Å². The lowest BCUT2D eigenvalue weighted by Gasteiger charge is -2.29. The lowest BCUT2D eigenvalue weighted by molar-refractivity contribution is -0.123. The zero-order valence-corrected chi connectivity index (χ0v) is 18.1. The molecule has 29 heavy (non-hydrogen) atoms. The Morgan fingerprint density at radius 1 is 0.931 bits per heavy atom. The lowest BCUT2D eigenvalue weighted by atomic mass is 9.92. The van der Waals surface area contributed by atoms with Crippen LogP contribution in [0.5, 0.6) is 5.75 Å². The summed E-state index contributed by atoms with van der Waals surface area (Å²) in [7, 11) is 0. The van der Waals surface area contributed by atoms with Gasteiger partial charge in [-0.1, -0.05) is 64.1 Å². The van der Waals surface area contributed by atoms with Gasteiger partial charge in [0.1, 0.15) is 5.75 Å². The minimum atomic E-state index is -0.210. The first-order valence-corrected chi connectivity index (χ1v) is 10.2. The fraction of sp³-hybridized carbons (Fsp3) is 0.417. The summed E-state index contributed by atoms with van der Waals surface area (Å²) in [4.78, 5) is 26.4. The van der Waals surface area contributed by atoms with E-state index in [1.165, 1.54) is 0 Å². The molecule has 0 heterocycles. The van der Waals surface area contributed by atoms with E-state index in [9.17, 15) is 9.59 Å². The number of carbonyl (C=O) groups excluding carboxylic acids is 2. The second-order valence-electron chi connectivity index (χ2n) is 7.72. The van der Waals surface area contributed by atoms with Gasteiger partial charge in [0, 0.05) is 20.0 Å². The highest BCUT2D eigenvalue weighted by atomic mass is 16.5. The molecule has 0 atom stereocenters. The average Bonchev–Trinajstić information content (AvgIpc) is 2.69. The first-order chi connectivity index (χ1) is 13.8. The van der Waals surface area contributed by atoms with Crippen LogP contribution >= 0.6 is 0 Å². The summed E-state index contributed by atoms with van der Waals surface area (Å²) in [6.45, 7) is 10.8. The van der Waals surface area contributed by atoms with Gasteiger partial charge < -0.3 is 15.0 Å². The summed E-state index contributed by atoms with van der Waals surface area (Å²) in [6.07, 6.45) is 0. The summed E-state index contributed by atoms with van der Waals surface area (Å²) >= 11 is 0. The summed E-state index contributed by atoms with van der Waals surface area (Å²) in [5.41, 5.74) is 3.26. The second-order valence-corrected chi connectivity index (χ2v) is 7.72. The molecule has 0 aliphatic rings. The predicted molar refractivity (Wildman–Crippen MR) is 118 cm³/mol. The van der Waals surface area contributed by atoms with Crippen molar-refractivity contribution in [3.05, 3.63) is 59.7 Å². The Balaban J connectivity index is 2.06. The number of hydrogen-bond acceptors (Lipinski definition) is 3. The van der Waals surface area contributed by atoms with Crippen LogP contribution in [-0.4, -0.2) is 31.5 Å². The maximum atomic E-state index is 12.5. The Labute approximate surface area is 174 Å². The Morgan fingerprint density at radius 2 is 1.52 bits per heavy atom. The van der Waals surface area contributed by atoms with Gasteiger partial charge in [0.05, 0.1) is 5.69 Å². The minimum absolute atomic E-state index is 0.0326. The number of carbonyl (C=O) groups is 2. The molecule has 0 radical (unpaired) electrons. The van der Waals surface area contributed by atoms with Crippen molar-refractivity contribution in [2.24, 2.45) is 0 Å². The Morgan fingerprint density at radius 3 is 2.03 bits per heavy atom. The first-order valence-electron chi connectivity index (χ1n) is 10.2. The largest absolute Gasteiger partial charge is 0.484 e. The number of amides is 2. The lowest BCUT2D eigenvalue weighted by Crippen LogP contribution is -2.40. The van der Waals surface area contributed by atoms with Crippen LogP contribution < -0.4 is 15.0 Å². The number of hydrogen-bond donors (Lipinski definition) is 1. The fourth-order valence-electron chi connectivity index (χ4n) is 3.27. The van der Waals surface area contributed by atoms with E-state index >= 15 is 0 Å². The van der Waals surface area contributed by atoms with E-state index in [0.29, 0.717) is 30.7 Å². The average molecular weight is 397 g/mol. The van der Waals surface area contributed by atoms with Crippen LogP contribution in [0.15, 0.2) is 48.5 Å². The van der Waals surface area contributed by atoms with E-state index in [2.05, 4.69) is 51.2 Å². The molecule has 5 heteroatoms. The van der Waals surface area contributed by atoms with Crippen molar-refractivity contribution in [3.63, 3.8) is 0 Å². The third-order valence-electron chi connectivity index (χ3n) is 4.76. The fourth-order valence-corrected chi connectivity index (χ4v) is 3.27. The van der Waals surface area contributed by atoms with Crippen LogP contribution in [0.3, 0.4) is 0 Å². The molecule has 0 unspecified atom stereocenters. The number of nitrogens with one attached hydrogen (secondary N) is 1. The van der Waals surface area contributed by atoms with E-state index in [-0.39, 0.29) is 18.4 Å². The number of nitrogens with zero attached hydrogens (tertiary/aromatic N) is 1. The quantitative estimate of drug-likeness (QED) is 0.680. The van der Waals surface area contributed by atoms with E-state index in [1.807, 2.05) is 18.2 Å². The van der Waals surface area contributed by atoms with Gasteiger partial charge in [0.15, 0.2) is 6.61 Å². The van der Waals surface area contributed by atoms with Gasteiger partial charge in [-0.15, -0.1) is 0 Å². The van der Waals surface area contributed by atoms with Crippen molar-refractivity contribution < 1.29 is 14.3 Å². The van der Waals surface area contributed by atoms with Crippen molar-refractivity contribution in [2.75, 3.05) is 24.6 Å². The van der Waals surface area contributed by atoms with Crippen LogP contribution in [0.2, 0.25) is 0 Å². The van der Waals surface area contributed by atoms with Crippen molar-refractivity contribution >= 4 is 17.5 Å². The van der Waals surface area contributed by atoms with Gasteiger partial charge in [-0.25, -0.2) is 0 Å². The van der Waals surface area contributed by atoms with E-state index < -0.39 is 0 Å². The van der Waals surface area contributed by atoms with Crippen LogP contribution in [0.1, 0.15) is 57.6 Å². The molecule has 1 N–H and O–H groups in total. The minimum Gasteiger partial charge on any atom is -0.484 e. The number of rotatable bonds is 9. The molecule has 156 valence electrons. The monoisotopic (exact) mass is 396 g/mol. The first kappa shape index (κ1) is 22.5. The number of ether oxygens (including phenoxy) is 1. The molecule has 0 saturated heterocycles. The number of anilines is 1. The molecule has 2 rings (SSSR count). The summed E-state index contributed by atoms with van der Waals surface area (Å²) in [5, 5.41) is 2.85. The van der Waals surface area contributed by atoms with Crippen LogP contribution in [-0.2, 0) is 9.59 Å². The third-order valence-corrected chi connectivity index (χ3v) is 4.76. The summed E-state index contributed by atoms with van der Waals surface area (Å²) in [6, 6.07) is 15.4. The highest BCUT2D eigenvalue weighted by Crippen LogP contribution is 2.35. The molecule has 2 aromatic rings. The SMILES string of the molecule is CC(=O)N(CCNC(=O)COc1ccccc1)c1c(C(C)C)cccc1C(C)C. The van der Waals surface area contributed by atoms with Gasteiger partial charge in [-0.05, 0) is 35.1 Å². The van der Waals surface area contributed by atoms with E-state index in [0.717, 1.165) is 16.8 Å². The molecule has 2 aromatic carbocycles. The molecule has 0 aromatic heterocycles. The normalized spacial score (nSPS) is 10.9. The van der Waals surface area contributed by atoms with Gasteiger partial charge in [0.25, 0.3) is 5.91 Å². The third kappa shape index (κ3) is 6.34. The molecule has 0 saturated carbocycles. The Kier molecular flexibility index (Phi) is 8.25. The summed E-state index contributed by atoms with van der Waals surface area (Å²) in [5.74, 6) is 0.993. The highest BCUT2D eigenvalue weighted by molar-refractivity contribution is 5.93. The molecule has 2 amide bonds. The van der Waals surface area contributed by atoms with Gasteiger partial charge in [-0.2, -0.15) is 0 Å². The Hall–Kier alpha value is -2.82. The van der Waals surface area contributed by atoms with Crippen molar-refractivity contribution in [1.82, 2.24) is 5.32 Å². The van der Waals surface area contributed by atoms with Crippen LogP contribution in [0.25, 0.3) is 0 Å². The molecule has 0 aliphatic heterocycles. The molecular formula is C24H32N2O3. The van der Waals surface area contributed by atoms with Gasteiger partial charge in [0.2, 0.25) is 5.91 Å². The maximum Gasteiger partial charge on any atom is 0.258 e. The molecule has 5 nitrogen and oxygen atoms in total. The standard InChI is InChI=1S/C24H32N2O3/c1-17(2)21-12-9-13-22(18(3)4)24(21)26(19(5)27)15-14-25-23(28)16-29-20-10-7-6-8-11-20/h6-13,17-18H,14-16H2,1-5H3,(H,25,28). The summed E-state index contributed by atoms with van der Waals surface area (Å²) < 4.78 is 5.47. The van der Waals surface area contributed by atoms with E-state index in [4.69, 9.17) is 4.74 Å². The zero-order valence-electron chi connectivity index (χ0n) is 18.1. The van der Waals surface area contributed by atoms with Crippen molar-refractivity contribution in [3.8, 4) is 5.75 Å². The van der Waals surface area contributed by atoms with Crippen LogP contribution in [0, 0.1) is 0 Å². The van der Waals surface area contributed by atoms with E-state index in [1.54, 1.807) is 24.0 Å². The second kappa shape index (κ2) is 10.6. The molecule has 0 aliphatic carbocycles. The van der Waals surface area contributed by atoms with Gasteiger partial charge >= 0.3 is 0 Å². The molecule has 0 fully saturated rings. The topological polar surface area (TPSA) is 58.6 Å². The maximum absolute atomic E-state index is 12.5. The highest BCUT2D eigenvalue weighted by Gasteiger charge is 2.22. The molecular weight excluding hydrogens is 364 g/mol. The number of para-hydroxylation sites is 2. The Bertz CT molecular complexity index is 790. The van der Waals surface area contributed by atoms with Crippen LogP contribution in [0.4, 0.5) is 5.69 Å². The molecule has 0 spiro atoms. The smallest absolute Gasteiger partial charge is 0.258 e. The zero-order chi connectivity index (χ0) is 21.4. The van der Waals surface area contributed by atoms with Crippen molar-refractivity contribution in [1.29, 1.82) is 0 Å². The predicted octanol–water partition coefficient (Wildman–Crippen LogP) is 4.48.